The Hall–Kier alpha value is -3.16. The molecule has 3 heterocycles. The number of carbonyl (C=O) groups is 1. The quantitative estimate of drug-likeness (QED) is 0.638. The number of nitrogens with zero attached hydrogens (tertiary/aromatic N) is 5. The largest absolute Gasteiger partial charge is 0.420 e. The molecule has 0 aliphatic heterocycles. The molecule has 0 saturated heterocycles. The molecule has 2 atom stereocenters. The zero-order valence-corrected chi connectivity index (χ0v) is 19.0. The van der Waals surface area contributed by atoms with Crippen LogP contribution in [0.25, 0.3) is 11.5 Å². The van der Waals surface area contributed by atoms with Crippen LogP contribution >= 0.6 is 0 Å². The summed E-state index contributed by atoms with van der Waals surface area (Å²) < 4.78 is 6.28. The molecule has 1 amide bonds. The van der Waals surface area contributed by atoms with Crippen molar-refractivity contribution in [3.63, 3.8) is 0 Å². The molecule has 2 unspecified atom stereocenters. The van der Waals surface area contributed by atoms with Gasteiger partial charge in [0.15, 0.2) is 0 Å². The van der Waals surface area contributed by atoms with Gasteiger partial charge in [0.05, 0.1) is 11.0 Å². The minimum absolute atomic E-state index is 0.120. The van der Waals surface area contributed by atoms with E-state index in [4.69, 9.17) is 4.42 Å². The zero-order valence-electron chi connectivity index (χ0n) is 19.0. The van der Waals surface area contributed by atoms with E-state index in [1.807, 2.05) is 12.1 Å². The zero-order chi connectivity index (χ0) is 22.6. The monoisotopic (exact) mass is 444 g/mol. The lowest BCUT2D eigenvalue weighted by Crippen LogP contribution is -2.64. The average molecular weight is 445 g/mol. The summed E-state index contributed by atoms with van der Waals surface area (Å²) in [6.07, 6.45) is 10.5. The van der Waals surface area contributed by atoms with Gasteiger partial charge in [-0.25, -0.2) is 9.97 Å². The Bertz CT molecular complexity index is 1190. The molecule has 4 fully saturated rings. The van der Waals surface area contributed by atoms with Crippen molar-refractivity contribution in [3.05, 3.63) is 53.7 Å². The maximum absolute atomic E-state index is 13.1. The highest BCUT2D eigenvalue weighted by Crippen LogP contribution is 2.62. The van der Waals surface area contributed by atoms with Gasteiger partial charge in [-0.2, -0.15) is 0 Å². The van der Waals surface area contributed by atoms with E-state index < -0.39 is 0 Å². The van der Waals surface area contributed by atoms with Crippen molar-refractivity contribution in [1.82, 2.24) is 30.5 Å². The molecular formula is C25H28N6O2. The summed E-state index contributed by atoms with van der Waals surface area (Å²) in [5.41, 5.74) is 1.88. The molecular weight excluding hydrogens is 416 g/mol. The van der Waals surface area contributed by atoms with E-state index in [2.05, 4.69) is 37.4 Å². The molecule has 33 heavy (non-hydrogen) atoms. The second-order valence-electron chi connectivity index (χ2n) is 10.3. The van der Waals surface area contributed by atoms with Crippen molar-refractivity contribution in [2.24, 2.45) is 11.8 Å². The standard InChI is InChI=1S/C25H28N6O2/c1-3-19-5-4-18(13-27-19)22-30-31-23(33-22)24-9-16-8-17(10-24)12-25(11-16,14-24)29-21(32)20-6-7-26-15(2)28-20/h4-7,13,16-17H,3,8-12,14H2,1-2H3,(H,29,32). The van der Waals surface area contributed by atoms with E-state index in [9.17, 15) is 4.79 Å². The predicted molar refractivity (Wildman–Crippen MR) is 120 cm³/mol. The molecule has 8 nitrogen and oxygen atoms in total. The van der Waals surface area contributed by atoms with E-state index in [0.29, 0.717) is 35.1 Å². The third-order valence-corrected chi connectivity index (χ3v) is 7.76. The molecule has 4 aliphatic rings. The van der Waals surface area contributed by atoms with Crippen LogP contribution in [0.15, 0.2) is 35.0 Å². The lowest BCUT2D eigenvalue weighted by atomic mass is 9.46. The van der Waals surface area contributed by atoms with Gasteiger partial charge in [-0.1, -0.05) is 6.92 Å². The van der Waals surface area contributed by atoms with E-state index in [1.54, 1.807) is 25.4 Å². The molecule has 0 spiro atoms. The molecule has 4 bridgehead atoms. The van der Waals surface area contributed by atoms with Crippen LogP contribution in [0.4, 0.5) is 0 Å². The van der Waals surface area contributed by atoms with Gasteiger partial charge in [0, 0.05) is 23.6 Å². The van der Waals surface area contributed by atoms with Gasteiger partial charge in [-0.05, 0) is 81.9 Å². The van der Waals surface area contributed by atoms with Crippen molar-refractivity contribution >= 4 is 5.91 Å². The number of amides is 1. The van der Waals surface area contributed by atoms with E-state index >= 15 is 0 Å². The second-order valence-corrected chi connectivity index (χ2v) is 10.3. The van der Waals surface area contributed by atoms with Gasteiger partial charge in [0.25, 0.3) is 5.91 Å². The van der Waals surface area contributed by atoms with Crippen molar-refractivity contribution in [2.45, 2.75) is 69.7 Å². The van der Waals surface area contributed by atoms with Crippen molar-refractivity contribution in [1.29, 1.82) is 0 Å². The summed E-state index contributed by atoms with van der Waals surface area (Å²) in [6, 6.07) is 5.68. The smallest absolute Gasteiger partial charge is 0.270 e. The normalized spacial score (nSPS) is 29.9. The average Bonchev–Trinajstić information content (AvgIpc) is 3.29. The molecule has 8 heteroatoms. The lowest BCUT2D eigenvalue weighted by Gasteiger charge is -2.60. The first-order chi connectivity index (χ1) is 16.0. The van der Waals surface area contributed by atoms with Gasteiger partial charge < -0.3 is 9.73 Å². The van der Waals surface area contributed by atoms with Crippen LogP contribution < -0.4 is 5.32 Å². The first-order valence-electron chi connectivity index (χ1n) is 11.9. The lowest BCUT2D eigenvalue weighted by molar-refractivity contribution is -0.0471. The Balaban J connectivity index is 1.29. The van der Waals surface area contributed by atoms with E-state index in [1.165, 1.54) is 6.42 Å². The van der Waals surface area contributed by atoms with Crippen LogP contribution in [0.3, 0.4) is 0 Å². The van der Waals surface area contributed by atoms with Gasteiger partial charge in [0.2, 0.25) is 11.8 Å². The molecule has 7 rings (SSSR count). The van der Waals surface area contributed by atoms with Crippen molar-refractivity contribution in [3.8, 4) is 11.5 Å². The molecule has 4 aliphatic carbocycles. The Morgan fingerprint density at radius 2 is 1.94 bits per heavy atom. The van der Waals surface area contributed by atoms with Crippen LogP contribution in [0.2, 0.25) is 0 Å². The Labute approximate surface area is 192 Å². The number of rotatable bonds is 5. The molecule has 3 aromatic heterocycles. The third-order valence-electron chi connectivity index (χ3n) is 7.76. The molecule has 170 valence electrons. The second kappa shape index (κ2) is 7.43. The Morgan fingerprint density at radius 1 is 1.12 bits per heavy atom. The number of hydrogen-bond acceptors (Lipinski definition) is 7. The van der Waals surface area contributed by atoms with Gasteiger partial charge in [-0.15, -0.1) is 10.2 Å². The highest BCUT2D eigenvalue weighted by atomic mass is 16.4. The van der Waals surface area contributed by atoms with E-state index in [0.717, 1.165) is 49.8 Å². The topological polar surface area (TPSA) is 107 Å². The highest BCUT2D eigenvalue weighted by Gasteiger charge is 2.60. The number of aryl methyl sites for hydroxylation is 2. The van der Waals surface area contributed by atoms with Crippen LogP contribution in [-0.4, -0.2) is 36.6 Å². The summed E-state index contributed by atoms with van der Waals surface area (Å²) in [4.78, 5) is 26.0. The van der Waals surface area contributed by atoms with Crippen molar-refractivity contribution < 1.29 is 9.21 Å². The fourth-order valence-electron chi connectivity index (χ4n) is 6.86. The van der Waals surface area contributed by atoms with Gasteiger partial charge >= 0.3 is 0 Å². The fourth-order valence-corrected chi connectivity index (χ4v) is 6.86. The number of hydrogen-bond donors (Lipinski definition) is 1. The number of aromatic nitrogens is 5. The summed E-state index contributed by atoms with van der Waals surface area (Å²) in [6.45, 7) is 3.88. The number of carbonyl (C=O) groups excluding carboxylic acids is 1. The summed E-state index contributed by atoms with van der Waals surface area (Å²) in [5.74, 6) is 2.82. The van der Waals surface area contributed by atoms with Gasteiger partial charge in [-0.3, -0.25) is 9.78 Å². The number of nitrogens with one attached hydrogen (secondary N) is 1. The summed E-state index contributed by atoms with van der Waals surface area (Å²) in [7, 11) is 0. The van der Waals surface area contributed by atoms with Crippen LogP contribution in [-0.2, 0) is 11.8 Å². The first kappa shape index (κ1) is 20.4. The third kappa shape index (κ3) is 3.52. The van der Waals surface area contributed by atoms with Crippen LogP contribution in [0, 0.1) is 18.8 Å². The van der Waals surface area contributed by atoms with E-state index in [-0.39, 0.29) is 16.9 Å². The summed E-state index contributed by atoms with van der Waals surface area (Å²) in [5, 5.41) is 12.3. The van der Waals surface area contributed by atoms with Crippen LogP contribution in [0.1, 0.15) is 73.3 Å². The molecule has 1 N–H and O–H groups in total. The number of pyridine rings is 1. The maximum atomic E-state index is 13.1. The van der Waals surface area contributed by atoms with Gasteiger partial charge in [0.1, 0.15) is 11.5 Å². The first-order valence-corrected chi connectivity index (χ1v) is 11.9. The minimum atomic E-state index is -0.251. The minimum Gasteiger partial charge on any atom is -0.420 e. The van der Waals surface area contributed by atoms with Crippen molar-refractivity contribution in [2.75, 3.05) is 0 Å². The SMILES string of the molecule is CCc1ccc(-c2nnc(C34CC5CC(CC(NC(=O)c6ccnc(C)n6)(C5)C3)C4)o2)cn1. The predicted octanol–water partition coefficient (Wildman–Crippen LogP) is 3.81. The molecule has 0 radical (unpaired) electrons. The van der Waals surface area contributed by atoms with Crippen LogP contribution in [0.5, 0.6) is 0 Å². The molecule has 3 aromatic rings. The molecule has 4 saturated carbocycles. The highest BCUT2D eigenvalue weighted by molar-refractivity contribution is 5.92. The fraction of sp³-hybridized carbons (Fsp3) is 0.520. The Kier molecular flexibility index (Phi) is 4.61. The summed E-state index contributed by atoms with van der Waals surface area (Å²) >= 11 is 0. The Morgan fingerprint density at radius 3 is 2.64 bits per heavy atom. The molecule has 0 aromatic carbocycles. The maximum Gasteiger partial charge on any atom is 0.270 e.